The van der Waals surface area contributed by atoms with Gasteiger partial charge in [-0.2, -0.15) is 0 Å². The zero-order chi connectivity index (χ0) is 16.9. The summed E-state index contributed by atoms with van der Waals surface area (Å²) in [5, 5.41) is 2.56. The SMILES string of the molecule is COC(=O)CC(NC(C)=O)C(=O)N1CCOC2(CCCCC2)C1. The summed E-state index contributed by atoms with van der Waals surface area (Å²) in [5.41, 5.74) is -0.252. The van der Waals surface area contributed by atoms with Crippen LogP contribution in [-0.4, -0.2) is 61.1 Å². The molecule has 1 saturated carbocycles. The van der Waals surface area contributed by atoms with Gasteiger partial charge in [0.1, 0.15) is 6.04 Å². The lowest BCUT2D eigenvalue weighted by atomic mass is 9.83. The van der Waals surface area contributed by atoms with Gasteiger partial charge in [-0.3, -0.25) is 14.4 Å². The number of carbonyl (C=O) groups is 3. The molecule has 1 heterocycles. The maximum atomic E-state index is 12.8. The summed E-state index contributed by atoms with van der Waals surface area (Å²) in [7, 11) is 1.27. The Balaban J connectivity index is 2.05. The summed E-state index contributed by atoms with van der Waals surface area (Å²) in [6.07, 6.45) is 5.19. The maximum absolute atomic E-state index is 12.8. The lowest BCUT2D eigenvalue weighted by Gasteiger charge is -2.45. The molecule has 0 bridgehead atoms. The van der Waals surface area contributed by atoms with E-state index < -0.39 is 12.0 Å². The van der Waals surface area contributed by atoms with E-state index in [1.807, 2.05) is 0 Å². The van der Waals surface area contributed by atoms with Crippen molar-refractivity contribution in [1.29, 1.82) is 0 Å². The quantitative estimate of drug-likeness (QED) is 0.765. The highest BCUT2D eigenvalue weighted by atomic mass is 16.5. The summed E-state index contributed by atoms with van der Waals surface area (Å²) in [5.74, 6) is -1.09. The van der Waals surface area contributed by atoms with Crippen molar-refractivity contribution in [3.05, 3.63) is 0 Å². The average molecular weight is 326 g/mol. The summed E-state index contributed by atoms with van der Waals surface area (Å²) in [6.45, 7) is 2.84. The Kier molecular flexibility index (Phi) is 5.98. The summed E-state index contributed by atoms with van der Waals surface area (Å²) < 4.78 is 10.6. The van der Waals surface area contributed by atoms with Crippen LogP contribution in [0.4, 0.5) is 0 Å². The fraction of sp³-hybridized carbons (Fsp3) is 0.812. The second-order valence-corrected chi connectivity index (χ2v) is 6.39. The van der Waals surface area contributed by atoms with E-state index in [-0.39, 0.29) is 23.8 Å². The van der Waals surface area contributed by atoms with Crippen LogP contribution in [0.5, 0.6) is 0 Å². The second-order valence-electron chi connectivity index (χ2n) is 6.39. The molecule has 0 aromatic carbocycles. The number of rotatable bonds is 4. The van der Waals surface area contributed by atoms with E-state index in [0.29, 0.717) is 19.7 Å². The fourth-order valence-corrected chi connectivity index (χ4v) is 3.45. The smallest absolute Gasteiger partial charge is 0.308 e. The first-order valence-corrected chi connectivity index (χ1v) is 8.22. The predicted molar refractivity (Wildman–Crippen MR) is 82.6 cm³/mol. The van der Waals surface area contributed by atoms with E-state index in [4.69, 9.17) is 4.74 Å². The normalized spacial score (nSPS) is 21.6. The minimum absolute atomic E-state index is 0.154. The summed E-state index contributed by atoms with van der Waals surface area (Å²) in [6, 6.07) is -0.876. The Morgan fingerprint density at radius 2 is 1.96 bits per heavy atom. The molecule has 2 fully saturated rings. The molecule has 1 unspecified atom stereocenters. The highest BCUT2D eigenvalue weighted by Gasteiger charge is 2.40. The largest absolute Gasteiger partial charge is 0.469 e. The Morgan fingerprint density at radius 3 is 2.57 bits per heavy atom. The van der Waals surface area contributed by atoms with E-state index in [1.54, 1.807) is 4.90 Å². The van der Waals surface area contributed by atoms with Gasteiger partial charge in [-0.1, -0.05) is 19.3 Å². The molecule has 1 aliphatic heterocycles. The molecule has 0 aromatic heterocycles. The number of carbonyl (C=O) groups excluding carboxylic acids is 3. The van der Waals surface area contributed by atoms with Crippen LogP contribution in [0.3, 0.4) is 0 Å². The fourth-order valence-electron chi connectivity index (χ4n) is 3.45. The zero-order valence-electron chi connectivity index (χ0n) is 13.9. The van der Waals surface area contributed by atoms with Crippen molar-refractivity contribution in [2.75, 3.05) is 26.8 Å². The van der Waals surface area contributed by atoms with Crippen molar-refractivity contribution < 1.29 is 23.9 Å². The Hall–Kier alpha value is -1.63. The predicted octanol–water partition coefficient (Wildman–Crippen LogP) is 0.616. The van der Waals surface area contributed by atoms with Crippen LogP contribution in [0.1, 0.15) is 45.4 Å². The molecule has 1 atom stereocenters. The zero-order valence-corrected chi connectivity index (χ0v) is 13.9. The van der Waals surface area contributed by atoms with Crippen molar-refractivity contribution in [2.24, 2.45) is 0 Å². The molecule has 1 aliphatic carbocycles. The standard InChI is InChI=1S/C16H26N2O5/c1-12(19)17-13(10-14(20)22-2)15(21)18-8-9-23-16(11-18)6-4-3-5-7-16/h13H,3-11H2,1-2H3,(H,17,19). The highest BCUT2D eigenvalue weighted by Crippen LogP contribution is 2.34. The molecule has 130 valence electrons. The van der Waals surface area contributed by atoms with Gasteiger partial charge in [0.2, 0.25) is 11.8 Å². The lowest BCUT2D eigenvalue weighted by molar-refractivity contribution is -0.160. The first-order valence-electron chi connectivity index (χ1n) is 8.22. The third kappa shape index (κ3) is 4.67. The number of esters is 1. The van der Waals surface area contributed by atoms with Gasteiger partial charge in [-0.15, -0.1) is 0 Å². The monoisotopic (exact) mass is 326 g/mol. The van der Waals surface area contributed by atoms with Crippen LogP contribution >= 0.6 is 0 Å². The third-order valence-electron chi connectivity index (χ3n) is 4.60. The maximum Gasteiger partial charge on any atom is 0.308 e. The third-order valence-corrected chi connectivity index (χ3v) is 4.60. The molecule has 2 rings (SSSR count). The van der Waals surface area contributed by atoms with E-state index in [2.05, 4.69) is 10.1 Å². The molecule has 23 heavy (non-hydrogen) atoms. The highest BCUT2D eigenvalue weighted by molar-refractivity contribution is 5.90. The van der Waals surface area contributed by atoms with Crippen LogP contribution in [0.15, 0.2) is 0 Å². The summed E-state index contributed by atoms with van der Waals surface area (Å²) >= 11 is 0. The van der Waals surface area contributed by atoms with Gasteiger partial charge in [0, 0.05) is 20.0 Å². The molecule has 2 aliphatic rings. The number of ether oxygens (including phenoxy) is 2. The van der Waals surface area contributed by atoms with Crippen molar-refractivity contribution in [3.8, 4) is 0 Å². The number of nitrogens with one attached hydrogen (secondary N) is 1. The van der Waals surface area contributed by atoms with Gasteiger partial charge in [0.25, 0.3) is 0 Å². The average Bonchev–Trinajstić information content (AvgIpc) is 2.53. The molecule has 1 N–H and O–H groups in total. The Bertz CT molecular complexity index is 454. The number of morpholine rings is 1. The van der Waals surface area contributed by atoms with E-state index in [9.17, 15) is 14.4 Å². The first kappa shape index (κ1) is 17.7. The molecule has 1 spiro atoms. The van der Waals surface area contributed by atoms with Crippen LogP contribution in [-0.2, 0) is 23.9 Å². The van der Waals surface area contributed by atoms with Crippen molar-refractivity contribution in [1.82, 2.24) is 10.2 Å². The lowest BCUT2D eigenvalue weighted by Crippen LogP contribution is -2.58. The van der Waals surface area contributed by atoms with Crippen molar-refractivity contribution in [3.63, 3.8) is 0 Å². The number of methoxy groups -OCH3 is 1. The molecule has 7 heteroatoms. The molecule has 1 saturated heterocycles. The van der Waals surface area contributed by atoms with Gasteiger partial charge in [0.15, 0.2) is 0 Å². The van der Waals surface area contributed by atoms with Gasteiger partial charge in [-0.25, -0.2) is 0 Å². The van der Waals surface area contributed by atoms with Gasteiger partial charge < -0.3 is 19.7 Å². The number of hydrogen-bond donors (Lipinski definition) is 1. The Labute approximate surface area is 136 Å². The molecule has 2 amide bonds. The molecular formula is C16H26N2O5. The van der Waals surface area contributed by atoms with Crippen molar-refractivity contribution in [2.45, 2.75) is 57.1 Å². The molecule has 7 nitrogen and oxygen atoms in total. The Morgan fingerprint density at radius 1 is 1.26 bits per heavy atom. The number of amides is 2. The minimum Gasteiger partial charge on any atom is -0.469 e. The minimum atomic E-state index is -0.876. The van der Waals surface area contributed by atoms with Crippen LogP contribution in [0.2, 0.25) is 0 Å². The van der Waals surface area contributed by atoms with E-state index in [0.717, 1.165) is 25.7 Å². The molecular weight excluding hydrogens is 300 g/mol. The number of nitrogens with zero attached hydrogens (tertiary/aromatic N) is 1. The van der Waals surface area contributed by atoms with Crippen LogP contribution < -0.4 is 5.32 Å². The van der Waals surface area contributed by atoms with Gasteiger partial charge >= 0.3 is 5.97 Å². The summed E-state index contributed by atoms with van der Waals surface area (Å²) in [4.78, 5) is 37.3. The van der Waals surface area contributed by atoms with Gasteiger partial charge in [0.05, 0.1) is 25.7 Å². The van der Waals surface area contributed by atoms with Crippen LogP contribution in [0.25, 0.3) is 0 Å². The topological polar surface area (TPSA) is 84.9 Å². The molecule has 0 aromatic rings. The van der Waals surface area contributed by atoms with Gasteiger partial charge in [-0.05, 0) is 12.8 Å². The van der Waals surface area contributed by atoms with E-state index >= 15 is 0 Å². The van der Waals surface area contributed by atoms with Crippen molar-refractivity contribution >= 4 is 17.8 Å². The second kappa shape index (κ2) is 7.77. The first-order chi connectivity index (χ1) is 11.0. The van der Waals surface area contributed by atoms with Crippen LogP contribution in [0, 0.1) is 0 Å². The van der Waals surface area contributed by atoms with E-state index in [1.165, 1.54) is 20.5 Å². The molecule has 0 radical (unpaired) electrons. The number of hydrogen-bond acceptors (Lipinski definition) is 5.